The quantitative estimate of drug-likeness (QED) is 0.654. The van der Waals surface area contributed by atoms with Crippen LogP contribution in [0.1, 0.15) is 35.6 Å². The van der Waals surface area contributed by atoms with Gasteiger partial charge in [0.05, 0.1) is 19.2 Å². The molecule has 2 rings (SSSR count). The normalized spacial score (nSPS) is 10.6. The SMILES string of the molecule is CCc1cc(CC(=O)c2ccc(OC)cc2N)n(CC)n1. The highest BCUT2D eigenvalue weighted by molar-refractivity contribution is 6.02. The van der Waals surface area contributed by atoms with E-state index in [2.05, 4.69) is 12.0 Å². The van der Waals surface area contributed by atoms with Gasteiger partial charge in [-0.3, -0.25) is 9.48 Å². The second-order valence-electron chi connectivity index (χ2n) is 4.85. The summed E-state index contributed by atoms with van der Waals surface area (Å²) >= 11 is 0. The van der Waals surface area contributed by atoms with Gasteiger partial charge in [0.2, 0.25) is 0 Å². The van der Waals surface area contributed by atoms with Crippen LogP contribution in [0.15, 0.2) is 24.3 Å². The number of nitrogen functional groups attached to an aromatic ring is 1. The molecule has 0 bridgehead atoms. The molecule has 1 aromatic carbocycles. The number of carbonyl (C=O) groups is 1. The molecular weight excluding hydrogens is 266 g/mol. The molecule has 0 atom stereocenters. The highest BCUT2D eigenvalue weighted by Crippen LogP contribution is 2.21. The van der Waals surface area contributed by atoms with Gasteiger partial charge in [-0.25, -0.2) is 0 Å². The fourth-order valence-electron chi connectivity index (χ4n) is 2.29. The molecule has 0 spiro atoms. The zero-order valence-electron chi connectivity index (χ0n) is 12.7. The van der Waals surface area contributed by atoms with Gasteiger partial charge < -0.3 is 10.5 Å². The third-order valence-electron chi connectivity index (χ3n) is 3.48. The van der Waals surface area contributed by atoms with E-state index in [1.54, 1.807) is 25.3 Å². The van der Waals surface area contributed by atoms with Crippen LogP contribution in [-0.4, -0.2) is 22.7 Å². The smallest absolute Gasteiger partial charge is 0.170 e. The number of carbonyl (C=O) groups excluding carboxylic acids is 1. The Hall–Kier alpha value is -2.30. The average Bonchev–Trinajstić information content (AvgIpc) is 2.88. The zero-order valence-corrected chi connectivity index (χ0v) is 12.7. The molecule has 1 aromatic heterocycles. The molecule has 112 valence electrons. The van der Waals surface area contributed by atoms with E-state index in [-0.39, 0.29) is 5.78 Å². The number of ketones is 1. The van der Waals surface area contributed by atoms with Crippen LogP contribution in [0.3, 0.4) is 0 Å². The van der Waals surface area contributed by atoms with Crippen molar-refractivity contribution < 1.29 is 9.53 Å². The highest BCUT2D eigenvalue weighted by Gasteiger charge is 2.15. The van der Waals surface area contributed by atoms with E-state index in [1.807, 2.05) is 17.7 Å². The van der Waals surface area contributed by atoms with Crippen molar-refractivity contribution >= 4 is 11.5 Å². The van der Waals surface area contributed by atoms with Crippen LogP contribution in [-0.2, 0) is 19.4 Å². The van der Waals surface area contributed by atoms with E-state index >= 15 is 0 Å². The molecule has 0 radical (unpaired) electrons. The van der Waals surface area contributed by atoms with Gasteiger partial charge >= 0.3 is 0 Å². The lowest BCUT2D eigenvalue weighted by molar-refractivity contribution is 0.0991. The van der Waals surface area contributed by atoms with Crippen molar-refractivity contribution in [1.29, 1.82) is 0 Å². The van der Waals surface area contributed by atoms with Gasteiger partial charge in [-0.15, -0.1) is 0 Å². The first-order valence-electron chi connectivity index (χ1n) is 7.11. The fraction of sp³-hybridized carbons (Fsp3) is 0.375. The number of anilines is 1. The summed E-state index contributed by atoms with van der Waals surface area (Å²) < 4.78 is 6.97. The van der Waals surface area contributed by atoms with Gasteiger partial charge in [-0.1, -0.05) is 6.92 Å². The molecule has 2 N–H and O–H groups in total. The average molecular weight is 287 g/mol. The molecule has 5 heteroatoms. The third kappa shape index (κ3) is 3.24. The number of hydrogen-bond donors (Lipinski definition) is 1. The summed E-state index contributed by atoms with van der Waals surface area (Å²) in [5.74, 6) is 0.642. The summed E-state index contributed by atoms with van der Waals surface area (Å²) in [4.78, 5) is 12.4. The van der Waals surface area contributed by atoms with E-state index in [1.165, 1.54) is 0 Å². The first-order chi connectivity index (χ1) is 10.1. The molecule has 0 aliphatic carbocycles. The molecule has 21 heavy (non-hydrogen) atoms. The second-order valence-corrected chi connectivity index (χ2v) is 4.85. The Bertz CT molecular complexity index is 647. The Balaban J connectivity index is 2.23. The predicted octanol–water partition coefficient (Wildman–Crippen LogP) is 2.48. The third-order valence-corrected chi connectivity index (χ3v) is 3.48. The van der Waals surface area contributed by atoms with Gasteiger partial charge in [0.15, 0.2) is 5.78 Å². The summed E-state index contributed by atoms with van der Waals surface area (Å²) in [5.41, 5.74) is 8.83. The van der Waals surface area contributed by atoms with Gasteiger partial charge in [-0.05, 0) is 31.5 Å². The van der Waals surface area contributed by atoms with Crippen molar-refractivity contribution in [2.45, 2.75) is 33.2 Å². The number of nitrogens with two attached hydrogens (primary N) is 1. The lowest BCUT2D eigenvalue weighted by atomic mass is 10.0. The topological polar surface area (TPSA) is 70.1 Å². The first-order valence-corrected chi connectivity index (χ1v) is 7.11. The standard InChI is InChI=1S/C16H21N3O2/c1-4-11-8-12(19(5-2)18-11)9-16(20)14-7-6-13(21-3)10-15(14)17/h6-8,10H,4-5,9,17H2,1-3H3. The number of nitrogens with zero attached hydrogens (tertiary/aromatic N) is 2. The summed E-state index contributed by atoms with van der Waals surface area (Å²) in [5, 5.41) is 4.46. The Kier molecular flexibility index (Phi) is 4.62. The minimum Gasteiger partial charge on any atom is -0.497 e. The van der Waals surface area contributed by atoms with Crippen LogP contribution in [0.4, 0.5) is 5.69 Å². The van der Waals surface area contributed by atoms with Crippen LogP contribution in [0, 0.1) is 0 Å². The number of aryl methyl sites for hydroxylation is 2. The minimum atomic E-state index is -0.00703. The molecule has 5 nitrogen and oxygen atoms in total. The summed E-state index contributed by atoms with van der Waals surface area (Å²) in [6.45, 7) is 4.82. The fourth-order valence-corrected chi connectivity index (χ4v) is 2.29. The van der Waals surface area contributed by atoms with E-state index in [9.17, 15) is 4.79 Å². The molecule has 0 unspecified atom stereocenters. The van der Waals surface area contributed by atoms with Crippen LogP contribution >= 0.6 is 0 Å². The Labute approximate surface area is 124 Å². The zero-order chi connectivity index (χ0) is 15.4. The van der Waals surface area contributed by atoms with Crippen LogP contribution < -0.4 is 10.5 Å². The van der Waals surface area contributed by atoms with Crippen molar-refractivity contribution in [1.82, 2.24) is 9.78 Å². The largest absolute Gasteiger partial charge is 0.497 e. The highest BCUT2D eigenvalue weighted by atomic mass is 16.5. The second kappa shape index (κ2) is 6.43. The van der Waals surface area contributed by atoms with Crippen molar-refractivity contribution in [2.75, 3.05) is 12.8 Å². The van der Waals surface area contributed by atoms with E-state index in [4.69, 9.17) is 10.5 Å². The maximum Gasteiger partial charge on any atom is 0.170 e. The number of hydrogen-bond acceptors (Lipinski definition) is 4. The molecular formula is C16H21N3O2. The van der Waals surface area contributed by atoms with Crippen LogP contribution in [0.5, 0.6) is 5.75 Å². The summed E-state index contributed by atoms with van der Waals surface area (Å²) in [7, 11) is 1.57. The predicted molar refractivity (Wildman–Crippen MR) is 82.7 cm³/mol. The van der Waals surface area contributed by atoms with Gasteiger partial charge in [0.1, 0.15) is 5.75 Å². The van der Waals surface area contributed by atoms with Gasteiger partial charge in [0.25, 0.3) is 0 Å². The maximum absolute atomic E-state index is 12.4. The number of methoxy groups -OCH3 is 1. The molecule has 0 aliphatic heterocycles. The van der Waals surface area contributed by atoms with Crippen LogP contribution in [0.25, 0.3) is 0 Å². The molecule has 2 aromatic rings. The Morgan fingerprint density at radius 1 is 1.33 bits per heavy atom. The Morgan fingerprint density at radius 2 is 2.10 bits per heavy atom. The molecule has 0 aliphatic rings. The number of benzene rings is 1. The van der Waals surface area contributed by atoms with E-state index in [0.717, 1.165) is 24.4 Å². The van der Waals surface area contributed by atoms with E-state index in [0.29, 0.717) is 23.4 Å². The van der Waals surface area contributed by atoms with Gasteiger partial charge in [0, 0.05) is 29.6 Å². The van der Waals surface area contributed by atoms with Crippen molar-refractivity contribution in [3.8, 4) is 5.75 Å². The summed E-state index contributed by atoms with van der Waals surface area (Å²) in [6, 6.07) is 7.12. The minimum absolute atomic E-state index is 0.00703. The van der Waals surface area contributed by atoms with Gasteiger partial charge in [-0.2, -0.15) is 5.10 Å². The molecule has 0 amide bonds. The lowest BCUT2D eigenvalue weighted by Gasteiger charge is -2.08. The molecule has 0 saturated heterocycles. The molecule has 1 heterocycles. The monoisotopic (exact) mass is 287 g/mol. The van der Waals surface area contributed by atoms with Crippen molar-refractivity contribution in [3.63, 3.8) is 0 Å². The van der Waals surface area contributed by atoms with Crippen LogP contribution in [0.2, 0.25) is 0 Å². The van der Waals surface area contributed by atoms with Crippen molar-refractivity contribution in [2.24, 2.45) is 0 Å². The molecule has 0 fully saturated rings. The number of Topliss-reactive ketones (excluding diaryl/α,β-unsaturated/α-hetero) is 1. The van der Waals surface area contributed by atoms with Crippen molar-refractivity contribution in [3.05, 3.63) is 41.2 Å². The number of aromatic nitrogens is 2. The Morgan fingerprint density at radius 3 is 2.67 bits per heavy atom. The number of rotatable bonds is 6. The lowest BCUT2D eigenvalue weighted by Crippen LogP contribution is -2.11. The first kappa shape index (κ1) is 15.1. The molecule has 0 saturated carbocycles. The van der Waals surface area contributed by atoms with E-state index < -0.39 is 0 Å². The summed E-state index contributed by atoms with van der Waals surface area (Å²) in [6.07, 6.45) is 1.16. The number of ether oxygens (including phenoxy) is 1. The maximum atomic E-state index is 12.4.